The Kier molecular flexibility index (Phi) is 8.84. The fourth-order valence-electron chi connectivity index (χ4n) is 4.10. The molecule has 2 atom stereocenters. The van der Waals surface area contributed by atoms with Crippen LogP contribution in [-0.4, -0.2) is 13.1 Å². The van der Waals surface area contributed by atoms with Crippen molar-refractivity contribution < 1.29 is 0 Å². The van der Waals surface area contributed by atoms with Crippen molar-refractivity contribution in [3.8, 4) is 0 Å². The van der Waals surface area contributed by atoms with E-state index in [1.165, 1.54) is 57.8 Å². The maximum atomic E-state index is 3.66. The lowest BCUT2D eigenvalue weighted by Gasteiger charge is -2.36. The van der Waals surface area contributed by atoms with Crippen LogP contribution in [0.5, 0.6) is 0 Å². The summed E-state index contributed by atoms with van der Waals surface area (Å²) in [5.41, 5.74) is 0. The maximum absolute atomic E-state index is 3.66. The Hall–Kier alpha value is -0.0400. The third kappa shape index (κ3) is 5.76. The van der Waals surface area contributed by atoms with Crippen molar-refractivity contribution >= 4 is 0 Å². The monoisotopic (exact) mass is 281 g/mol. The van der Waals surface area contributed by atoms with Crippen molar-refractivity contribution in [2.24, 2.45) is 23.7 Å². The highest BCUT2D eigenvalue weighted by atomic mass is 14.9. The summed E-state index contributed by atoms with van der Waals surface area (Å²) in [7, 11) is 2.19. The molecule has 0 aromatic carbocycles. The summed E-state index contributed by atoms with van der Waals surface area (Å²) in [5, 5.41) is 3.66. The molecule has 0 saturated heterocycles. The Morgan fingerprint density at radius 2 is 1.60 bits per heavy atom. The molecule has 0 heterocycles. The van der Waals surface area contributed by atoms with Crippen molar-refractivity contribution in [3.63, 3.8) is 0 Å². The zero-order valence-corrected chi connectivity index (χ0v) is 14.8. The topological polar surface area (TPSA) is 12.0 Å². The van der Waals surface area contributed by atoms with Gasteiger partial charge in [0.25, 0.3) is 0 Å². The largest absolute Gasteiger partial charge is 0.317 e. The van der Waals surface area contributed by atoms with Crippen molar-refractivity contribution in [2.45, 2.75) is 91.5 Å². The Balaban J connectivity index is 2.42. The smallest absolute Gasteiger partial charge is 0.00949 e. The third-order valence-electron chi connectivity index (χ3n) is 5.83. The Morgan fingerprint density at radius 3 is 2.05 bits per heavy atom. The van der Waals surface area contributed by atoms with Gasteiger partial charge in [0.1, 0.15) is 0 Å². The highest BCUT2D eigenvalue weighted by Crippen LogP contribution is 2.36. The first-order chi connectivity index (χ1) is 9.62. The van der Waals surface area contributed by atoms with Gasteiger partial charge in [-0.1, -0.05) is 53.4 Å². The highest BCUT2D eigenvalue weighted by molar-refractivity contribution is 4.83. The standard InChI is InChI=1S/C19H39N/c1-6-8-9-16(7-2)14-19(20-5)18-12-10-17(11-13-18)15(3)4/h15-20H,6-14H2,1-5H3. The van der Waals surface area contributed by atoms with Gasteiger partial charge in [-0.3, -0.25) is 0 Å². The van der Waals surface area contributed by atoms with E-state index in [-0.39, 0.29) is 0 Å². The summed E-state index contributed by atoms with van der Waals surface area (Å²) >= 11 is 0. The van der Waals surface area contributed by atoms with Gasteiger partial charge < -0.3 is 5.32 Å². The van der Waals surface area contributed by atoms with E-state index >= 15 is 0 Å². The van der Waals surface area contributed by atoms with Crippen LogP contribution >= 0.6 is 0 Å². The molecule has 1 aliphatic rings. The van der Waals surface area contributed by atoms with E-state index in [2.05, 4.69) is 40.1 Å². The molecular weight excluding hydrogens is 242 g/mol. The lowest BCUT2D eigenvalue weighted by Crippen LogP contribution is -2.38. The number of nitrogens with one attached hydrogen (secondary N) is 1. The quantitative estimate of drug-likeness (QED) is 0.576. The molecule has 0 bridgehead atoms. The molecule has 120 valence electrons. The molecule has 1 aliphatic carbocycles. The van der Waals surface area contributed by atoms with Crippen LogP contribution in [0.3, 0.4) is 0 Å². The summed E-state index contributed by atoms with van der Waals surface area (Å²) < 4.78 is 0. The molecule has 0 aliphatic heterocycles. The van der Waals surface area contributed by atoms with Crippen molar-refractivity contribution in [3.05, 3.63) is 0 Å². The van der Waals surface area contributed by atoms with Gasteiger partial charge in [0.05, 0.1) is 0 Å². The van der Waals surface area contributed by atoms with Crippen LogP contribution in [0.2, 0.25) is 0 Å². The molecule has 0 aromatic heterocycles. The molecule has 1 nitrogen and oxygen atoms in total. The first kappa shape index (κ1) is 18.0. The molecule has 0 spiro atoms. The first-order valence-corrected chi connectivity index (χ1v) is 9.29. The van der Waals surface area contributed by atoms with Gasteiger partial charge in [0, 0.05) is 6.04 Å². The minimum Gasteiger partial charge on any atom is -0.317 e. The normalized spacial score (nSPS) is 26.7. The molecule has 0 radical (unpaired) electrons. The summed E-state index contributed by atoms with van der Waals surface area (Å²) in [6.45, 7) is 9.50. The van der Waals surface area contributed by atoms with Gasteiger partial charge >= 0.3 is 0 Å². The van der Waals surface area contributed by atoms with Crippen LogP contribution in [0.25, 0.3) is 0 Å². The second-order valence-corrected chi connectivity index (χ2v) is 7.47. The predicted octanol–water partition coefficient (Wildman–Crippen LogP) is 5.64. The molecule has 0 aromatic rings. The second-order valence-electron chi connectivity index (χ2n) is 7.47. The van der Waals surface area contributed by atoms with Gasteiger partial charge in [0.15, 0.2) is 0 Å². The molecule has 20 heavy (non-hydrogen) atoms. The van der Waals surface area contributed by atoms with Crippen molar-refractivity contribution in [1.29, 1.82) is 0 Å². The van der Waals surface area contributed by atoms with Crippen LogP contribution in [0.1, 0.15) is 85.5 Å². The van der Waals surface area contributed by atoms with E-state index in [1.54, 1.807) is 0 Å². The molecule has 1 heteroatoms. The lowest BCUT2D eigenvalue weighted by atomic mass is 9.73. The molecule has 1 N–H and O–H groups in total. The van der Waals surface area contributed by atoms with Crippen LogP contribution in [-0.2, 0) is 0 Å². The average molecular weight is 282 g/mol. The Labute approximate surface area is 128 Å². The van der Waals surface area contributed by atoms with Gasteiger partial charge in [-0.2, -0.15) is 0 Å². The van der Waals surface area contributed by atoms with E-state index < -0.39 is 0 Å². The van der Waals surface area contributed by atoms with Gasteiger partial charge in [0.2, 0.25) is 0 Å². The summed E-state index contributed by atoms with van der Waals surface area (Å²) in [6, 6.07) is 0.768. The summed E-state index contributed by atoms with van der Waals surface area (Å²) in [5.74, 6) is 3.75. The van der Waals surface area contributed by atoms with Crippen molar-refractivity contribution in [2.75, 3.05) is 7.05 Å². The molecule has 1 saturated carbocycles. The van der Waals surface area contributed by atoms with Gasteiger partial charge in [-0.15, -0.1) is 0 Å². The predicted molar refractivity (Wildman–Crippen MR) is 91.1 cm³/mol. The molecular formula is C19H39N. The minimum absolute atomic E-state index is 0.768. The summed E-state index contributed by atoms with van der Waals surface area (Å²) in [4.78, 5) is 0. The SMILES string of the molecule is CCCCC(CC)CC(NC)C1CCC(C(C)C)CC1. The number of hydrogen-bond acceptors (Lipinski definition) is 1. The molecule has 0 amide bonds. The number of rotatable bonds is 9. The third-order valence-corrected chi connectivity index (χ3v) is 5.83. The van der Waals surface area contributed by atoms with Gasteiger partial charge in [-0.25, -0.2) is 0 Å². The average Bonchev–Trinajstić information content (AvgIpc) is 2.48. The van der Waals surface area contributed by atoms with Gasteiger partial charge in [-0.05, 0) is 62.8 Å². The van der Waals surface area contributed by atoms with E-state index in [0.717, 1.165) is 29.7 Å². The van der Waals surface area contributed by atoms with E-state index in [0.29, 0.717) is 0 Å². The maximum Gasteiger partial charge on any atom is 0.00949 e. The van der Waals surface area contributed by atoms with Crippen LogP contribution in [0.15, 0.2) is 0 Å². The van der Waals surface area contributed by atoms with Crippen LogP contribution in [0, 0.1) is 23.7 Å². The fourth-order valence-corrected chi connectivity index (χ4v) is 4.10. The minimum atomic E-state index is 0.768. The lowest BCUT2D eigenvalue weighted by molar-refractivity contribution is 0.175. The van der Waals surface area contributed by atoms with Crippen molar-refractivity contribution in [1.82, 2.24) is 5.32 Å². The Bertz CT molecular complexity index is 228. The van der Waals surface area contributed by atoms with Crippen LogP contribution in [0.4, 0.5) is 0 Å². The highest BCUT2D eigenvalue weighted by Gasteiger charge is 2.29. The number of unbranched alkanes of at least 4 members (excludes halogenated alkanes) is 1. The molecule has 1 rings (SSSR count). The zero-order chi connectivity index (χ0) is 15.0. The first-order valence-electron chi connectivity index (χ1n) is 9.29. The molecule has 2 unspecified atom stereocenters. The molecule has 1 fully saturated rings. The second kappa shape index (κ2) is 9.82. The van der Waals surface area contributed by atoms with E-state index in [4.69, 9.17) is 0 Å². The fraction of sp³-hybridized carbons (Fsp3) is 1.00. The summed E-state index contributed by atoms with van der Waals surface area (Å²) in [6.07, 6.45) is 12.8. The zero-order valence-electron chi connectivity index (χ0n) is 14.8. The van der Waals surface area contributed by atoms with E-state index in [1.807, 2.05) is 0 Å². The Morgan fingerprint density at radius 1 is 1.00 bits per heavy atom. The van der Waals surface area contributed by atoms with E-state index in [9.17, 15) is 0 Å². The van der Waals surface area contributed by atoms with Crippen LogP contribution < -0.4 is 5.32 Å². The number of hydrogen-bond donors (Lipinski definition) is 1.